The van der Waals surface area contributed by atoms with Crippen molar-refractivity contribution in [1.29, 1.82) is 0 Å². The van der Waals surface area contributed by atoms with Crippen molar-refractivity contribution in [3.63, 3.8) is 0 Å². The fourth-order valence-electron chi connectivity index (χ4n) is 4.64. The van der Waals surface area contributed by atoms with Gasteiger partial charge in [0.25, 0.3) is 11.5 Å². The third-order valence-corrected chi connectivity index (χ3v) is 8.95. The lowest BCUT2D eigenvalue weighted by molar-refractivity contribution is -0.0956. The number of amides is 1. The monoisotopic (exact) mass is 499 g/mol. The molecule has 1 aromatic carbocycles. The van der Waals surface area contributed by atoms with Gasteiger partial charge in [0, 0.05) is 23.9 Å². The molecule has 0 unspecified atom stereocenters. The summed E-state index contributed by atoms with van der Waals surface area (Å²) in [5.41, 5.74) is 2.95. The molecule has 0 aliphatic carbocycles. The highest BCUT2D eigenvalue weighted by atomic mass is 32.2. The molecule has 0 bridgehead atoms. The van der Waals surface area contributed by atoms with Crippen LogP contribution in [-0.2, 0) is 15.2 Å². The van der Waals surface area contributed by atoms with Crippen molar-refractivity contribution in [3.05, 3.63) is 55.9 Å². The number of hydrogen-bond acceptors (Lipinski definition) is 7. The maximum Gasteiger partial charge on any atom is 0.264 e. The van der Waals surface area contributed by atoms with E-state index in [0.717, 1.165) is 18.4 Å². The van der Waals surface area contributed by atoms with E-state index in [1.807, 2.05) is 11.8 Å². The van der Waals surface area contributed by atoms with Crippen LogP contribution in [0, 0.1) is 26.7 Å². The van der Waals surface area contributed by atoms with E-state index >= 15 is 0 Å². The molecule has 34 heavy (non-hydrogen) atoms. The number of nitrogens with one attached hydrogen (secondary N) is 1. The molecule has 2 aromatic heterocycles. The number of aryl methyl sites for hydroxylation is 3. The second-order valence-corrected chi connectivity index (χ2v) is 11.1. The number of aromatic nitrogens is 2. The largest absolute Gasteiger partial charge is 0.350 e. The smallest absolute Gasteiger partial charge is 0.264 e. The van der Waals surface area contributed by atoms with Crippen molar-refractivity contribution in [1.82, 2.24) is 14.9 Å². The molecule has 5 rings (SSSR count). The maximum absolute atomic E-state index is 13.3. The molecule has 2 fully saturated rings. The highest BCUT2D eigenvalue weighted by molar-refractivity contribution is 7.98. The van der Waals surface area contributed by atoms with Crippen LogP contribution >= 0.6 is 23.1 Å². The van der Waals surface area contributed by atoms with Crippen molar-refractivity contribution in [2.24, 2.45) is 5.92 Å². The van der Waals surface area contributed by atoms with Crippen molar-refractivity contribution >= 4 is 39.2 Å². The van der Waals surface area contributed by atoms with Gasteiger partial charge >= 0.3 is 0 Å². The Labute approximate surface area is 206 Å². The van der Waals surface area contributed by atoms with Crippen LogP contribution in [0.15, 0.2) is 27.9 Å². The number of hydrogen-bond donors (Lipinski definition) is 1. The van der Waals surface area contributed by atoms with E-state index in [-0.39, 0.29) is 17.8 Å². The van der Waals surface area contributed by atoms with Gasteiger partial charge in [-0.2, -0.15) is 0 Å². The zero-order valence-electron chi connectivity index (χ0n) is 19.7. The molecule has 180 valence electrons. The van der Waals surface area contributed by atoms with Gasteiger partial charge < -0.3 is 19.4 Å². The fourth-order valence-corrected chi connectivity index (χ4v) is 6.80. The summed E-state index contributed by atoms with van der Waals surface area (Å²) in [6.07, 6.45) is 1.59. The van der Waals surface area contributed by atoms with E-state index in [4.69, 9.17) is 14.5 Å². The minimum Gasteiger partial charge on any atom is -0.350 e. The van der Waals surface area contributed by atoms with Crippen molar-refractivity contribution < 1.29 is 14.3 Å². The number of nitrogens with zero attached hydrogens (tertiary/aromatic N) is 2. The highest BCUT2D eigenvalue weighted by Crippen LogP contribution is 2.32. The summed E-state index contributed by atoms with van der Waals surface area (Å²) in [7, 11) is 0. The van der Waals surface area contributed by atoms with Crippen LogP contribution < -0.4 is 5.56 Å². The predicted molar refractivity (Wildman–Crippen MR) is 135 cm³/mol. The minimum atomic E-state index is -0.177. The van der Waals surface area contributed by atoms with E-state index in [1.54, 1.807) is 11.8 Å². The van der Waals surface area contributed by atoms with Gasteiger partial charge in [-0.15, -0.1) is 23.1 Å². The molecule has 0 radical (unpaired) electrons. The lowest BCUT2D eigenvalue weighted by Crippen LogP contribution is -2.41. The van der Waals surface area contributed by atoms with Crippen molar-refractivity contribution in [2.75, 3.05) is 26.3 Å². The quantitative estimate of drug-likeness (QED) is 0.523. The third-order valence-electron chi connectivity index (χ3n) is 6.61. The Bertz CT molecular complexity index is 1270. The van der Waals surface area contributed by atoms with E-state index in [0.29, 0.717) is 58.9 Å². The first kappa shape index (κ1) is 23.5. The molecular weight excluding hydrogens is 470 g/mol. The summed E-state index contributed by atoms with van der Waals surface area (Å²) in [5.74, 6) is 1.50. The lowest BCUT2D eigenvalue weighted by Gasteiger charge is -2.33. The Hall–Kier alpha value is -2.20. The first-order valence-corrected chi connectivity index (χ1v) is 13.5. The number of H-pyrrole nitrogens is 1. The first-order valence-electron chi connectivity index (χ1n) is 11.7. The van der Waals surface area contributed by atoms with E-state index < -0.39 is 0 Å². The summed E-state index contributed by atoms with van der Waals surface area (Å²) < 4.78 is 11.3. The number of thioether (sulfide) groups is 1. The molecule has 2 aliphatic heterocycles. The molecule has 1 amide bonds. The van der Waals surface area contributed by atoms with Gasteiger partial charge in [-0.25, -0.2) is 4.98 Å². The number of likely N-dealkylation sites (tertiary alicyclic amines) is 1. The zero-order chi connectivity index (χ0) is 23.8. The van der Waals surface area contributed by atoms with Crippen LogP contribution in [0.4, 0.5) is 0 Å². The molecule has 7 nitrogen and oxygen atoms in total. The topological polar surface area (TPSA) is 84.5 Å². The SMILES string of the molecule is Cc1ccc(C)c(SCc2nc3sc(C(=O)N4CCC(C5OCCO5)CC4)c(C)c3c(=O)[nH]2)c1. The Morgan fingerprint density at radius 2 is 1.94 bits per heavy atom. The average molecular weight is 500 g/mol. The number of piperidine rings is 1. The first-order chi connectivity index (χ1) is 16.4. The van der Waals surface area contributed by atoms with Gasteiger partial charge in [0.15, 0.2) is 6.29 Å². The Kier molecular flexibility index (Phi) is 6.79. The molecule has 9 heteroatoms. The Morgan fingerprint density at radius 3 is 2.68 bits per heavy atom. The summed E-state index contributed by atoms with van der Waals surface area (Å²) in [6.45, 7) is 8.64. The summed E-state index contributed by atoms with van der Waals surface area (Å²) in [6, 6.07) is 6.35. The molecular formula is C25H29N3O4S2. The summed E-state index contributed by atoms with van der Waals surface area (Å²) in [4.78, 5) is 38.2. The average Bonchev–Trinajstić information content (AvgIpc) is 3.48. The highest BCUT2D eigenvalue weighted by Gasteiger charge is 2.33. The molecule has 0 saturated carbocycles. The predicted octanol–water partition coefficient (Wildman–Crippen LogP) is 4.43. The number of benzene rings is 1. The standard InChI is InChI=1S/C25H29N3O4S2/c1-14-4-5-15(2)18(12-14)33-13-19-26-22(29)20-16(3)21(34-23(20)27-19)24(30)28-8-6-17(7-9-28)25-31-10-11-32-25/h4-5,12,17,25H,6-11,13H2,1-3H3,(H,26,27,29). The van der Waals surface area contributed by atoms with E-state index in [1.165, 1.54) is 27.4 Å². The normalized spacial score (nSPS) is 17.7. The Morgan fingerprint density at radius 1 is 1.21 bits per heavy atom. The number of ether oxygens (including phenoxy) is 2. The van der Waals surface area contributed by atoms with Gasteiger partial charge in [-0.1, -0.05) is 17.7 Å². The zero-order valence-corrected chi connectivity index (χ0v) is 21.3. The number of aromatic amines is 1. The van der Waals surface area contributed by atoms with Crippen LogP contribution in [0.1, 0.15) is 45.0 Å². The van der Waals surface area contributed by atoms with Gasteiger partial charge in [0.2, 0.25) is 0 Å². The minimum absolute atomic E-state index is 0.0158. The molecule has 2 saturated heterocycles. The number of fused-ring (bicyclic) bond motifs is 1. The molecule has 3 aromatic rings. The number of carbonyl (C=O) groups excluding carboxylic acids is 1. The molecule has 2 aliphatic rings. The number of thiophene rings is 1. The van der Waals surface area contributed by atoms with Gasteiger partial charge in [0.1, 0.15) is 10.7 Å². The molecule has 4 heterocycles. The van der Waals surface area contributed by atoms with Crippen LogP contribution in [0.2, 0.25) is 0 Å². The summed E-state index contributed by atoms with van der Waals surface area (Å²) >= 11 is 2.98. The number of rotatable bonds is 5. The second-order valence-electron chi connectivity index (χ2n) is 9.05. The van der Waals surface area contributed by atoms with E-state index in [2.05, 4.69) is 37.0 Å². The lowest BCUT2D eigenvalue weighted by atomic mass is 9.96. The van der Waals surface area contributed by atoms with Gasteiger partial charge in [0.05, 0.1) is 29.2 Å². The van der Waals surface area contributed by atoms with Crippen molar-refractivity contribution in [3.8, 4) is 0 Å². The van der Waals surface area contributed by atoms with Crippen LogP contribution in [0.3, 0.4) is 0 Å². The number of carbonyl (C=O) groups is 1. The third kappa shape index (κ3) is 4.66. The van der Waals surface area contributed by atoms with E-state index in [9.17, 15) is 9.59 Å². The molecule has 0 spiro atoms. The maximum atomic E-state index is 13.3. The van der Waals surface area contributed by atoms with Crippen molar-refractivity contribution in [2.45, 2.75) is 50.6 Å². The summed E-state index contributed by atoms with van der Waals surface area (Å²) in [5, 5.41) is 0.525. The van der Waals surface area contributed by atoms with Crippen LogP contribution in [0.5, 0.6) is 0 Å². The molecule has 0 atom stereocenters. The van der Waals surface area contributed by atoms with Crippen LogP contribution in [0.25, 0.3) is 10.2 Å². The van der Waals surface area contributed by atoms with Crippen LogP contribution in [-0.4, -0.2) is 53.4 Å². The fraction of sp³-hybridized carbons (Fsp3) is 0.480. The second kappa shape index (κ2) is 9.81. The van der Waals surface area contributed by atoms with Gasteiger partial charge in [-0.05, 0) is 50.8 Å². The molecule has 1 N–H and O–H groups in total. The van der Waals surface area contributed by atoms with Gasteiger partial charge in [-0.3, -0.25) is 9.59 Å². The Balaban J connectivity index is 1.32.